The number of nitrogens with zero attached hydrogens (tertiary/aromatic N) is 1. The van der Waals surface area contributed by atoms with E-state index in [1.807, 2.05) is 24.3 Å². The summed E-state index contributed by atoms with van der Waals surface area (Å²) in [5.41, 5.74) is 1.97. The van der Waals surface area contributed by atoms with Crippen molar-refractivity contribution in [1.29, 1.82) is 0 Å². The van der Waals surface area contributed by atoms with Crippen molar-refractivity contribution in [2.75, 3.05) is 38.0 Å². The smallest absolute Gasteiger partial charge is 0.279 e. The molecule has 28 heavy (non-hydrogen) atoms. The summed E-state index contributed by atoms with van der Waals surface area (Å²) in [5.74, 6) is -0.0581. The van der Waals surface area contributed by atoms with Gasteiger partial charge in [-0.05, 0) is 48.4 Å². The molecule has 1 saturated heterocycles. The van der Waals surface area contributed by atoms with Gasteiger partial charge in [0.15, 0.2) is 6.54 Å². The molecule has 0 aromatic heterocycles. The topological polar surface area (TPSA) is 70.9 Å². The number of nitrogens with one attached hydrogen (secondary N) is 2. The van der Waals surface area contributed by atoms with Gasteiger partial charge in [0, 0.05) is 10.7 Å². The Balaban J connectivity index is 1.53. The Morgan fingerprint density at radius 1 is 1.14 bits per heavy atom. The number of piperazine rings is 1. The average Bonchev–Trinajstić information content (AvgIpc) is 2.69. The molecular formula is C20H25ClN3O3S+. The zero-order valence-corrected chi connectivity index (χ0v) is 17.4. The van der Waals surface area contributed by atoms with E-state index in [9.17, 15) is 13.2 Å². The molecule has 0 atom stereocenters. The van der Waals surface area contributed by atoms with Gasteiger partial charge in [0.1, 0.15) is 0 Å². The van der Waals surface area contributed by atoms with E-state index in [-0.39, 0.29) is 10.8 Å². The highest BCUT2D eigenvalue weighted by Crippen LogP contribution is 2.18. The lowest BCUT2D eigenvalue weighted by molar-refractivity contribution is -0.895. The highest BCUT2D eigenvalue weighted by Gasteiger charge is 2.31. The van der Waals surface area contributed by atoms with E-state index < -0.39 is 10.0 Å². The van der Waals surface area contributed by atoms with Gasteiger partial charge in [-0.2, -0.15) is 4.31 Å². The van der Waals surface area contributed by atoms with Crippen LogP contribution in [0.2, 0.25) is 5.02 Å². The molecule has 2 aromatic carbocycles. The average molecular weight is 423 g/mol. The van der Waals surface area contributed by atoms with E-state index in [0.29, 0.717) is 37.7 Å². The van der Waals surface area contributed by atoms with Crippen LogP contribution in [0.15, 0.2) is 53.4 Å². The van der Waals surface area contributed by atoms with Gasteiger partial charge in [0.2, 0.25) is 10.0 Å². The van der Waals surface area contributed by atoms with Crippen LogP contribution in [-0.2, 0) is 21.2 Å². The summed E-state index contributed by atoms with van der Waals surface area (Å²) in [6, 6.07) is 14.0. The number of halogens is 1. The zero-order chi connectivity index (χ0) is 20.1. The van der Waals surface area contributed by atoms with E-state index in [0.717, 1.165) is 17.0 Å². The molecule has 0 spiro atoms. The second kappa shape index (κ2) is 9.05. The first-order valence-electron chi connectivity index (χ1n) is 9.36. The number of carbonyl (C=O) groups is 1. The highest BCUT2D eigenvalue weighted by molar-refractivity contribution is 7.89. The Hall–Kier alpha value is -1.93. The Bertz CT molecular complexity index is 924. The zero-order valence-electron chi connectivity index (χ0n) is 15.8. The molecule has 2 aromatic rings. The lowest BCUT2D eigenvalue weighted by Gasteiger charge is -2.31. The summed E-state index contributed by atoms with van der Waals surface area (Å²) in [7, 11) is -3.53. The molecule has 0 radical (unpaired) electrons. The summed E-state index contributed by atoms with van der Waals surface area (Å²) >= 11 is 5.84. The minimum atomic E-state index is -3.53. The Labute approximate surface area is 171 Å². The van der Waals surface area contributed by atoms with Crippen molar-refractivity contribution in [2.45, 2.75) is 18.2 Å². The van der Waals surface area contributed by atoms with Crippen LogP contribution >= 0.6 is 11.6 Å². The van der Waals surface area contributed by atoms with E-state index in [2.05, 4.69) is 12.2 Å². The lowest BCUT2D eigenvalue weighted by Crippen LogP contribution is -3.15. The van der Waals surface area contributed by atoms with Gasteiger partial charge < -0.3 is 10.2 Å². The maximum atomic E-state index is 12.7. The number of aryl methyl sites for hydroxylation is 1. The number of benzene rings is 2. The number of amides is 1. The fourth-order valence-corrected chi connectivity index (χ4v) is 4.84. The van der Waals surface area contributed by atoms with Crippen molar-refractivity contribution in [3.05, 3.63) is 59.1 Å². The van der Waals surface area contributed by atoms with Crippen LogP contribution in [0.1, 0.15) is 12.5 Å². The minimum absolute atomic E-state index is 0.0581. The van der Waals surface area contributed by atoms with E-state index in [1.165, 1.54) is 22.0 Å². The van der Waals surface area contributed by atoms with Crippen LogP contribution < -0.4 is 10.2 Å². The van der Waals surface area contributed by atoms with E-state index in [4.69, 9.17) is 11.6 Å². The summed E-state index contributed by atoms with van der Waals surface area (Å²) in [6.07, 6.45) is 0.916. The maximum Gasteiger partial charge on any atom is 0.279 e. The molecule has 1 fully saturated rings. The number of anilines is 1. The van der Waals surface area contributed by atoms with Crippen LogP contribution in [0.5, 0.6) is 0 Å². The van der Waals surface area contributed by atoms with E-state index >= 15 is 0 Å². The molecule has 2 N–H and O–H groups in total. The first-order chi connectivity index (χ1) is 13.4. The summed E-state index contributed by atoms with van der Waals surface area (Å²) in [5, 5.41) is 3.44. The van der Waals surface area contributed by atoms with Crippen molar-refractivity contribution in [3.8, 4) is 0 Å². The first-order valence-corrected chi connectivity index (χ1v) is 11.2. The number of hydrogen-bond donors (Lipinski definition) is 2. The van der Waals surface area contributed by atoms with Crippen molar-refractivity contribution in [2.24, 2.45) is 0 Å². The van der Waals surface area contributed by atoms with Crippen LogP contribution in [0.4, 0.5) is 5.69 Å². The van der Waals surface area contributed by atoms with Crippen molar-refractivity contribution >= 4 is 33.2 Å². The Kier molecular flexibility index (Phi) is 6.72. The normalized spacial score (nSPS) is 16.1. The van der Waals surface area contributed by atoms with Gasteiger partial charge >= 0.3 is 0 Å². The van der Waals surface area contributed by atoms with Crippen molar-refractivity contribution in [3.63, 3.8) is 0 Å². The second-order valence-corrected chi connectivity index (χ2v) is 9.26. The van der Waals surface area contributed by atoms with Gasteiger partial charge in [0.25, 0.3) is 5.91 Å². The quantitative estimate of drug-likeness (QED) is 0.739. The number of carbonyl (C=O) groups excluding carboxylic acids is 1. The van der Waals surface area contributed by atoms with Crippen LogP contribution in [-0.4, -0.2) is 51.4 Å². The molecule has 6 nitrogen and oxygen atoms in total. The Morgan fingerprint density at radius 2 is 1.82 bits per heavy atom. The molecule has 1 amide bonds. The third-order valence-electron chi connectivity index (χ3n) is 4.91. The third kappa shape index (κ3) is 5.11. The summed E-state index contributed by atoms with van der Waals surface area (Å²) in [6.45, 7) is 4.36. The molecule has 1 aliphatic rings. The molecule has 8 heteroatoms. The number of sulfonamides is 1. The van der Waals surface area contributed by atoms with Crippen LogP contribution in [0.25, 0.3) is 0 Å². The number of rotatable bonds is 6. The van der Waals surface area contributed by atoms with Crippen LogP contribution in [0.3, 0.4) is 0 Å². The monoisotopic (exact) mass is 422 g/mol. The fraction of sp³-hybridized carbons (Fsp3) is 0.350. The van der Waals surface area contributed by atoms with Gasteiger partial charge in [-0.25, -0.2) is 8.42 Å². The van der Waals surface area contributed by atoms with Crippen LogP contribution in [0, 0.1) is 0 Å². The summed E-state index contributed by atoms with van der Waals surface area (Å²) < 4.78 is 26.9. The van der Waals surface area contributed by atoms with E-state index in [1.54, 1.807) is 12.1 Å². The first kappa shape index (κ1) is 20.8. The van der Waals surface area contributed by atoms with Gasteiger partial charge in [-0.15, -0.1) is 0 Å². The molecule has 0 bridgehead atoms. The highest BCUT2D eigenvalue weighted by atomic mass is 35.5. The standard InChI is InChI=1S/C20H24ClN3O3S/c1-2-16-4-3-5-18(14-16)22-20(25)15-23-10-12-24(13-11-23)28(26,27)19-8-6-17(21)7-9-19/h3-9,14H,2,10-13,15H2,1H3,(H,22,25)/p+1. The van der Waals surface area contributed by atoms with Gasteiger partial charge in [-0.1, -0.05) is 30.7 Å². The second-order valence-electron chi connectivity index (χ2n) is 6.89. The molecule has 0 saturated carbocycles. The predicted octanol–water partition coefficient (Wildman–Crippen LogP) is 1.43. The molecule has 3 rings (SSSR count). The SMILES string of the molecule is CCc1cccc(NC(=O)C[NH+]2CCN(S(=O)(=O)c3ccc(Cl)cc3)CC2)c1. The predicted molar refractivity (Wildman–Crippen MR) is 110 cm³/mol. The molecule has 1 heterocycles. The fourth-order valence-electron chi connectivity index (χ4n) is 3.28. The molecule has 0 unspecified atom stereocenters. The number of quaternary nitrogens is 1. The van der Waals surface area contributed by atoms with Gasteiger partial charge in [-0.3, -0.25) is 4.79 Å². The largest absolute Gasteiger partial charge is 0.325 e. The third-order valence-corrected chi connectivity index (χ3v) is 7.08. The lowest BCUT2D eigenvalue weighted by atomic mass is 10.1. The van der Waals surface area contributed by atoms with Gasteiger partial charge in [0.05, 0.1) is 31.1 Å². The molecule has 1 aliphatic heterocycles. The molecular weight excluding hydrogens is 398 g/mol. The minimum Gasteiger partial charge on any atom is -0.325 e. The van der Waals surface area contributed by atoms with Crippen molar-refractivity contribution in [1.82, 2.24) is 4.31 Å². The molecule has 150 valence electrons. The van der Waals surface area contributed by atoms with Crippen molar-refractivity contribution < 1.29 is 18.1 Å². The molecule has 0 aliphatic carbocycles. The number of hydrogen-bond acceptors (Lipinski definition) is 3. The summed E-state index contributed by atoms with van der Waals surface area (Å²) in [4.78, 5) is 13.7. The Morgan fingerprint density at radius 3 is 2.46 bits per heavy atom. The maximum absolute atomic E-state index is 12.7.